The van der Waals surface area contributed by atoms with Crippen molar-refractivity contribution in [2.45, 2.75) is 50.5 Å². The molecule has 1 aliphatic rings. The Kier molecular flexibility index (Phi) is 5.16. The van der Waals surface area contributed by atoms with Crippen LogP contribution in [0.5, 0.6) is 5.75 Å². The van der Waals surface area contributed by atoms with Gasteiger partial charge >= 0.3 is 0 Å². The van der Waals surface area contributed by atoms with Gasteiger partial charge in [-0.2, -0.15) is 0 Å². The molecular weight excluding hydrogens is 334 g/mol. The van der Waals surface area contributed by atoms with Crippen molar-refractivity contribution in [2.24, 2.45) is 0 Å². The molecule has 0 radical (unpaired) electrons. The first-order chi connectivity index (χ1) is 11.9. The van der Waals surface area contributed by atoms with Crippen LogP contribution in [0.4, 0.5) is 0 Å². The van der Waals surface area contributed by atoms with E-state index in [-0.39, 0.29) is 10.9 Å². The van der Waals surface area contributed by atoms with Gasteiger partial charge in [-0.05, 0) is 68.4 Å². The smallest absolute Gasteiger partial charge is 0.244 e. The van der Waals surface area contributed by atoms with Gasteiger partial charge in [0.25, 0.3) is 0 Å². The Bertz CT molecular complexity index is 857. The molecule has 2 aromatic rings. The highest BCUT2D eigenvalue weighted by atomic mass is 32.2. The molecule has 0 saturated carbocycles. The van der Waals surface area contributed by atoms with Crippen molar-refractivity contribution in [3.63, 3.8) is 0 Å². The quantitative estimate of drug-likeness (QED) is 0.880. The number of benzene rings is 2. The summed E-state index contributed by atoms with van der Waals surface area (Å²) in [5.41, 5.74) is 4.41. The van der Waals surface area contributed by atoms with Crippen LogP contribution in [0.25, 0.3) is 0 Å². The minimum absolute atomic E-state index is 0.231. The van der Waals surface area contributed by atoms with Gasteiger partial charge in [0.2, 0.25) is 10.0 Å². The van der Waals surface area contributed by atoms with Gasteiger partial charge in [0.15, 0.2) is 0 Å². The van der Waals surface area contributed by atoms with Crippen molar-refractivity contribution in [3.8, 4) is 5.75 Å². The van der Waals surface area contributed by atoms with Crippen molar-refractivity contribution >= 4 is 10.0 Å². The Labute approximate surface area is 150 Å². The molecule has 3 rings (SSSR count). The first-order valence-corrected chi connectivity index (χ1v) is 10.2. The molecule has 0 heterocycles. The van der Waals surface area contributed by atoms with Gasteiger partial charge < -0.3 is 4.74 Å². The zero-order chi connectivity index (χ0) is 18.0. The number of hydrogen-bond acceptors (Lipinski definition) is 3. The summed E-state index contributed by atoms with van der Waals surface area (Å²) in [6.07, 6.45) is 4.16. The van der Waals surface area contributed by atoms with E-state index in [1.807, 2.05) is 44.2 Å². The van der Waals surface area contributed by atoms with E-state index in [0.29, 0.717) is 5.75 Å². The van der Waals surface area contributed by atoms with E-state index in [9.17, 15) is 8.42 Å². The molecule has 134 valence electrons. The zero-order valence-electron chi connectivity index (χ0n) is 15.0. The molecule has 25 heavy (non-hydrogen) atoms. The maximum atomic E-state index is 13.0. The Morgan fingerprint density at radius 3 is 2.24 bits per heavy atom. The number of nitrogens with one attached hydrogen (secondary N) is 1. The average molecular weight is 359 g/mol. The first-order valence-electron chi connectivity index (χ1n) is 8.69. The molecule has 1 unspecified atom stereocenters. The lowest BCUT2D eigenvalue weighted by molar-refractivity contribution is 0.400. The number of fused-ring (bicyclic) bond motifs is 1. The van der Waals surface area contributed by atoms with Crippen LogP contribution >= 0.6 is 0 Å². The van der Waals surface area contributed by atoms with Gasteiger partial charge in [0.05, 0.1) is 7.11 Å². The van der Waals surface area contributed by atoms with E-state index in [2.05, 4.69) is 4.72 Å². The van der Waals surface area contributed by atoms with Crippen LogP contribution in [-0.4, -0.2) is 15.5 Å². The lowest BCUT2D eigenvalue weighted by atomic mass is 9.92. The molecule has 1 atom stereocenters. The standard InChI is InChI=1S/C20H25NO3S/c1-14-8-10-16(11-9-14)15(2)21-25(22,23)20-13-18-7-5-4-6-17(18)12-19(20)24-3/h8-13,15,21H,4-7H2,1-3H3. The van der Waals surface area contributed by atoms with Crippen LogP contribution in [0.1, 0.15) is 48.1 Å². The minimum atomic E-state index is -3.67. The molecule has 2 aromatic carbocycles. The maximum absolute atomic E-state index is 13.0. The number of sulfonamides is 1. The largest absolute Gasteiger partial charge is 0.495 e. The minimum Gasteiger partial charge on any atom is -0.495 e. The number of methoxy groups -OCH3 is 1. The molecule has 0 spiro atoms. The summed E-state index contributed by atoms with van der Waals surface area (Å²) in [6, 6.07) is 11.2. The zero-order valence-corrected chi connectivity index (χ0v) is 15.8. The van der Waals surface area contributed by atoms with Crippen LogP contribution in [0.15, 0.2) is 41.3 Å². The highest BCUT2D eigenvalue weighted by Crippen LogP contribution is 2.32. The molecule has 1 N–H and O–H groups in total. The molecule has 0 amide bonds. The molecule has 0 aliphatic heterocycles. The summed E-state index contributed by atoms with van der Waals surface area (Å²) in [7, 11) is -2.15. The SMILES string of the molecule is COc1cc2c(cc1S(=O)(=O)NC(C)c1ccc(C)cc1)CCCC2. The van der Waals surface area contributed by atoms with Gasteiger partial charge in [-0.1, -0.05) is 29.8 Å². The molecular formula is C20H25NO3S. The fraction of sp³-hybridized carbons (Fsp3) is 0.400. The summed E-state index contributed by atoms with van der Waals surface area (Å²) in [6.45, 7) is 3.86. The van der Waals surface area contributed by atoms with Gasteiger partial charge in [-0.25, -0.2) is 13.1 Å². The van der Waals surface area contributed by atoms with Gasteiger partial charge in [0, 0.05) is 6.04 Å². The third-order valence-electron chi connectivity index (χ3n) is 4.83. The lowest BCUT2D eigenvalue weighted by Crippen LogP contribution is -2.27. The van der Waals surface area contributed by atoms with Crippen molar-refractivity contribution in [3.05, 3.63) is 58.7 Å². The first kappa shape index (κ1) is 18.0. The fourth-order valence-electron chi connectivity index (χ4n) is 3.33. The summed E-state index contributed by atoms with van der Waals surface area (Å²) < 4.78 is 34.1. The normalized spacial score (nSPS) is 15.5. The Hall–Kier alpha value is -1.85. The molecule has 0 aromatic heterocycles. The molecule has 1 aliphatic carbocycles. The molecule has 5 heteroatoms. The number of aryl methyl sites for hydroxylation is 3. The van der Waals surface area contributed by atoms with Crippen LogP contribution < -0.4 is 9.46 Å². The molecule has 0 saturated heterocycles. The topological polar surface area (TPSA) is 55.4 Å². The summed E-state index contributed by atoms with van der Waals surface area (Å²) in [5, 5.41) is 0. The summed E-state index contributed by atoms with van der Waals surface area (Å²) >= 11 is 0. The predicted molar refractivity (Wildman–Crippen MR) is 99.6 cm³/mol. The fourth-order valence-corrected chi connectivity index (χ4v) is 4.76. The summed E-state index contributed by atoms with van der Waals surface area (Å²) in [5.74, 6) is 0.421. The van der Waals surface area contributed by atoms with Crippen molar-refractivity contribution in [1.82, 2.24) is 4.72 Å². The monoisotopic (exact) mass is 359 g/mol. The van der Waals surface area contributed by atoms with E-state index < -0.39 is 10.0 Å². The van der Waals surface area contributed by atoms with Gasteiger partial charge in [-0.15, -0.1) is 0 Å². The second-order valence-corrected chi connectivity index (χ2v) is 8.41. The highest BCUT2D eigenvalue weighted by Gasteiger charge is 2.25. The molecule has 0 fully saturated rings. The van der Waals surface area contributed by atoms with E-state index in [0.717, 1.165) is 42.4 Å². The predicted octanol–water partition coefficient (Wildman–Crippen LogP) is 3.92. The Morgan fingerprint density at radius 1 is 1.04 bits per heavy atom. The van der Waals surface area contributed by atoms with Gasteiger partial charge in [-0.3, -0.25) is 0 Å². The van der Waals surface area contributed by atoms with Crippen molar-refractivity contribution < 1.29 is 13.2 Å². The van der Waals surface area contributed by atoms with E-state index in [4.69, 9.17) is 4.74 Å². The maximum Gasteiger partial charge on any atom is 0.244 e. The highest BCUT2D eigenvalue weighted by molar-refractivity contribution is 7.89. The second kappa shape index (κ2) is 7.18. The van der Waals surface area contributed by atoms with E-state index >= 15 is 0 Å². The van der Waals surface area contributed by atoms with Crippen LogP contribution in [0, 0.1) is 6.92 Å². The van der Waals surface area contributed by atoms with E-state index in [1.165, 1.54) is 12.7 Å². The van der Waals surface area contributed by atoms with Crippen LogP contribution in [0.3, 0.4) is 0 Å². The van der Waals surface area contributed by atoms with Crippen molar-refractivity contribution in [2.75, 3.05) is 7.11 Å². The second-order valence-electron chi connectivity index (χ2n) is 6.73. The van der Waals surface area contributed by atoms with Crippen LogP contribution in [0.2, 0.25) is 0 Å². The molecule has 4 nitrogen and oxygen atoms in total. The number of hydrogen-bond donors (Lipinski definition) is 1. The van der Waals surface area contributed by atoms with Gasteiger partial charge in [0.1, 0.15) is 10.6 Å². The number of rotatable bonds is 5. The average Bonchev–Trinajstić information content (AvgIpc) is 2.60. The van der Waals surface area contributed by atoms with Crippen LogP contribution in [-0.2, 0) is 22.9 Å². The lowest BCUT2D eigenvalue weighted by Gasteiger charge is -2.21. The Balaban J connectivity index is 1.92. The summed E-state index contributed by atoms with van der Waals surface area (Å²) in [4.78, 5) is 0.231. The third-order valence-corrected chi connectivity index (χ3v) is 6.39. The Morgan fingerprint density at radius 2 is 1.64 bits per heavy atom. The number of ether oxygens (including phenoxy) is 1. The molecule has 0 bridgehead atoms. The van der Waals surface area contributed by atoms with E-state index in [1.54, 1.807) is 6.07 Å². The third kappa shape index (κ3) is 3.88. The van der Waals surface area contributed by atoms with Crippen molar-refractivity contribution in [1.29, 1.82) is 0 Å².